The van der Waals surface area contributed by atoms with Crippen molar-refractivity contribution in [2.45, 2.75) is 32.6 Å². The Bertz CT molecular complexity index is 126. The number of nitrogens with zero attached hydrogens (tertiary/aromatic N) is 1. The minimum Gasteiger partial charge on any atom is -0.814 e. The first-order valence-corrected chi connectivity index (χ1v) is 4.61. The second-order valence-electron chi connectivity index (χ2n) is 2.95. The van der Waals surface area contributed by atoms with Crippen LogP contribution in [0.5, 0.6) is 0 Å². The van der Waals surface area contributed by atoms with Gasteiger partial charge in [0.1, 0.15) is 0 Å². The topological polar surface area (TPSA) is 35.4 Å². The van der Waals surface area contributed by atoms with E-state index in [1.807, 2.05) is 0 Å². The first kappa shape index (κ1) is 8.16. The van der Waals surface area contributed by atoms with Gasteiger partial charge in [0.15, 0.2) is 0 Å². The molecule has 10 heavy (non-hydrogen) atoms. The van der Waals surface area contributed by atoms with Gasteiger partial charge in [-0.3, -0.25) is 4.76 Å². The van der Waals surface area contributed by atoms with Crippen molar-refractivity contribution in [2.24, 2.45) is 10.7 Å². The van der Waals surface area contributed by atoms with Crippen molar-refractivity contribution in [2.75, 3.05) is 0 Å². The first-order chi connectivity index (χ1) is 4.83. The van der Waals surface area contributed by atoms with E-state index in [1.54, 1.807) is 0 Å². The highest BCUT2D eigenvalue weighted by Gasteiger charge is 2.11. The molecule has 1 fully saturated rings. The molecule has 1 saturated carbocycles. The Labute approximate surface area is 63.7 Å². The van der Waals surface area contributed by atoms with Crippen LogP contribution in [-0.2, 0) is 0 Å². The molecule has 0 aromatic rings. The zero-order chi connectivity index (χ0) is 7.40. The molecule has 1 unspecified atom stereocenters. The highest BCUT2D eigenvalue weighted by molar-refractivity contribution is 7.28. The summed E-state index contributed by atoms with van der Waals surface area (Å²) < 4.78 is 3.91. The van der Waals surface area contributed by atoms with Crippen molar-refractivity contribution in [3.8, 4) is 0 Å². The summed E-state index contributed by atoms with van der Waals surface area (Å²) in [7, 11) is -0.481. The van der Waals surface area contributed by atoms with E-state index in [0.717, 1.165) is 24.5 Å². The van der Waals surface area contributed by atoms with Crippen LogP contribution in [0.15, 0.2) is 4.76 Å². The molecular formula is C7H13NOP-. The fraction of sp³-hybridized carbons (Fsp3) is 0.857. The van der Waals surface area contributed by atoms with Crippen LogP contribution in [0.25, 0.3) is 0 Å². The molecule has 1 rings (SSSR count). The van der Waals surface area contributed by atoms with Crippen LogP contribution in [0, 0.1) is 5.92 Å². The SMILES string of the molecule is CC1CCC(=NP[O-])CC1. The van der Waals surface area contributed by atoms with E-state index in [-0.39, 0.29) is 0 Å². The minimum absolute atomic E-state index is 0.481. The van der Waals surface area contributed by atoms with Crippen LogP contribution >= 0.6 is 8.96 Å². The zero-order valence-corrected chi connectivity index (χ0v) is 7.26. The molecule has 0 aromatic heterocycles. The molecule has 0 amide bonds. The highest BCUT2D eigenvalue weighted by atomic mass is 31.1. The molecular weight excluding hydrogens is 145 g/mol. The van der Waals surface area contributed by atoms with Gasteiger partial charge in [0.05, 0.1) is 0 Å². The maximum Gasteiger partial charge on any atom is 0.0150 e. The smallest absolute Gasteiger partial charge is 0.0150 e. The molecule has 0 N–H and O–H groups in total. The Morgan fingerprint density at radius 1 is 1.50 bits per heavy atom. The predicted molar refractivity (Wildman–Crippen MR) is 43.4 cm³/mol. The van der Waals surface area contributed by atoms with E-state index in [2.05, 4.69) is 11.7 Å². The Kier molecular flexibility index (Phi) is 3.30. The zero-order valence-electron chi connectivity index (χ0n) is 6.26. The van der Waals surface area contributed by atoms with E-state index in [9.17, 15) is 4.89 Å². The summed E-state index contributed by atoms with van der Waals surface area (Å²) in [6, 6.07) is 0. The lowest BCUT2D eigenvalue weighted by Gasteiger charge is -2.19. The van der Waals surface area contributed by atoms with Gasteiger partial charge in [-0.1, -0.05) is 15.9 Å². The third-order valence-electron chi connectivity index (χ3n) is 2.06. The van der Waals surface area contributed by atoms with E-state index < -0.39 is 8.96 Å². The number of hydrogen-bond acceptors (Lipinski definition) is 2. The highest BCUT2D eigenvalue weighted by Crippen LogP contribution is 2.22. The standard InChI is InChI=1S/C7H13NOP/c1-6-2-4-7(5-3-6)8-10-9/h6,10H,2-5H2,1H3/q-1. The molecule has 1 aliphatic rings. The molecule has 0 radical (unpaired) electrons. The molecule has 3 heteroatoms. The number of hydrogen-bond donors (Lipinski definition) is 0. The molecule has 2 nitrogen and oxygen atoms in total. The van der Waals surface area contributed by atoms with Crippen LogP contribution in [0.2, 0.25) is 0 Å². The fourth-order valence-corrected chi connectivity index (χ4v) is 1.62. The number of rotatable bonds is 1. The molecule has 0 bridgehead atoms. The van der Waals surface area contributed by atoms with E-state index >= 15 is 0 Å². The largest absolute Gasteiger partial charge is 0.814 e. The monoisotopic (exact) mass is 158 g/mol. The van der Waals surface area contributed by atoms with E-state index in [4.69, 9.17) is 0 Å². The van der Waals surface area contributed by atoms with Crippen LogP contribution in [0.1, 0.15) is 32.6 Å². The molecule has 0 spiro atoms. The summed E-state index contributed by atoms with van der Waals surface area (Å²) in [6.45, 7) is 2.26. The van der Waals surface area contributed by atoms with E-state index in [0.29, 0.717) is 0 Å². The summed E-state index contributed by atoms with van der Waals surface area (Å²) in [6.07, 6.45) is 4.58. The maximum atomic E-state index is 10.1. The van der Waals surface area contributed by atoms with Crippen LogP contribution in [-0.4, -0.2) is 5.71 Å². The summed E-state index contributed by atoms with van der Waals surface area (Å²) >= 11 is 0. The average Bonchev–Trinajstić information content (AvgIpc) is 1.95. The summed E-state index contributed by atoms with van der Waals surface area (Å²) in [4.78, 5) is 10.1. The fourth-order valence-electron chi connectivity index (χ4n) is 1.27. The maximum absolute atomic E-state index is 10.1. The second kappa shape index (κ2) is 4.05. The van der Waals surface area contributed by atoms with Gasteiger partial charge in [-0.2, -0.15) is 0 Å². The first-order valence-electron chi connectivity index (χ1n) is 3.75. The van der Waals surface area contributed by atoms with Crippen molar-refractivity contribution >= 4 is 14.7 Å². The Morgan fingerprint density at radius 2 is 2.10 bits per heavy atom. The summed E-state index contributed by atoms with van der Waals surface area (Å²) in [5.41, 5.74) is 1.16. The Balaban J connectivity index is 2.32. The molecule has 1 aliphatic carbocycles. The molecule has 0 heterocycles. The average molecular weight is 158 g/mol. The lowest BCUT2D eigenvalue weighted by Crippen LogP contribution is -2.11. The van der Waals surface area contributed by atoms with Gasteiger partial charge in [-0.25, -0.2) is 0 Å². The van der Waals surface area contributed by atoms with E-state index in [1.165, 1.54) is 12.8 Å². The van der Waals surface area contributed by atoms with Crippen LogP contribution in [0.3, 0.4) is 0 Å². The van der Waals surface area contributed by atoms with Gasteiger partial charge in [0.25, 0.3) is 0 Å². The van der Waals surface area contributed by atoms with Crippen molar-refractivity contribution < 1.29 is 4.89 Å². The van der Waals surface area contributed by atoms with Gasteiger partial charge < -0.3 is 4.89 Å². The summed E-state index contributed by atoms with van der Waals surface area (Å²) in [5, 5.41) is 0. The second-order valence-corrected chi connectivity index (χ2v) is 3.36. The lowest BCUT2D eigenvalue weighted by atomic mass is 9.90. The van der Waals surface area contributed by atoms with Gasteiger partial charge in [-0.15, -0.1) is 0 Å². The Hall–Kier alpha value is 0.0600. The Morgan fingerprint density at radius 3 is 2.60 bits per heavy atom. The molecule has 1 atom stereocenters. The molecule has 58 valence electrons. The quantitative estimate of drug-likeness (QED) is 0.532. The minimum atomic E-state index is -0.481. The van der Waals surface area contributed by atoms with Crippen molar-refractivity contribution in [1.82, 2.24) is 0 Å². The van der Waals surface area contributed by atoms with Crippen LogP contribution < -0.4 is 4.89 Å². The molecule has 0 aliphatic heterocycles. The normalized spacial score (nSPS) is 27.8. The van der Waals surface area contributed by atoms with Crippen LogP contribution in [0.4, 0.5) is 0 Å². The van der Waals surface area contributed by atoms with Gasteiger partial charge in [0.2, 0.25) is 0 Å². The third-order valence-corrected chi connectivity index (χ3v) is 2.46. The molecule has 0 aromatic carbocycles. The van der Waals surface area contributed by atoms with Crippen molar-refractivity contribution in [3.05, 3.63) is 0 Å². The summed E-state index contributed by atoms with van der Waals surface area (Å²) in [5.74, 6) is 0.842. The predicted octanol–water partition coefficient (Wildman–Crippen LogP) is 1.51. The lowest BCUT2D eigenvalue weighted by molar-refractivity contribution is -0.150. The third kappa shape index (κ3) is 2.36. The van der Waals surface area contributed by atoms with Gasteiger partial charge >= 0.3 is 0 Å². The van der Waals surface area contributed by atoms with Crippen molar-refractivity contribution in [3.63, 3.8) is 0 Å². The van der Waals surface area contributed by atoms with Gasteiger partial charge in [-0.05, 0) is 31.6 Å². The van der Waals surface area contributed by atoms with Gasteiger partial charge in [0, 0.05) is 5.71 Å². The van der Waals surface area contributed by atoms with Crippen molar-refractivity contribution in [1.29, 1.82) is 0 Å². The molecule has 0 saturated heterocycles.